The molecule has 0 heterocycles. The molecule has 0 aliphatic carbocycles. The van der Waals surface area contributed by atoms with Gasteiger partial charge in [0.25, 0.3) is 0 Å². The predicted molar refractivity (Wildman–Crippen MR) is 109 cm³/mol. The summed E-state index contributed by atoms with van der Waals surface area (Å²) in [5.41, 5.74) is 5.10. The van der Waals surface area contributed by atoms with Crippen LogP contribution in [0.1, 0.15) is 86.8 Å². The number of rotatable bonds is 10. The number of unbranched alkanes of at least 4 members (excludes halogenated alkanes) is 2. The number of hydrogen-bond donors (Lipinski definition) is 2. The van der Waals surface area contributed by atoms with E-state index in [4.69, 9.17) is 0 Å². The molecule has 0 amide bonds. The summed E-state index contributed by atoms with van der Waals surface area (Å²) in [6, 6.07) is 1.66. The van der Waals surface area contributed by atoms with Crippen molar-refractivity contribution < 1.29 is 15.0 Å². The van der Waals surface area contributed by atoms with Crippen LogP contribution in [0.25, 0.3) is 0 Å². The van der Waals surface area contributed by atoms with Crippen molar-refractivity contribution in [1.29, 1.82) is 0 Å². The summed E-state index contributed by atoms with van der Waals surface area (Å²) in [5, 5.41) is 20.1. The molecule has 1 aromatic carbocycles. The second kappa shape index (κ2) is 10.8. The van der Waals surface area contributed by atoms with E-state index in [0.717, 1.165) is 43.2 Å². The molecule has 26 heavy (non-hydrogen) atoms. The molecule has 0 aromatic heterocycles. The lowest BCUT2D eigenvalue weighted by molar-refractivity contribution is 0.0694. The van der Waals surface area contributed by atoms with Crippen LogP contribution in [-0.2, 0) is 12.8 Å². The van der Waals surface area contributed by atoms with E-state index in [1.807, 2.05) is 6.92 Å². The number of hydrogen-bond acceptors (Lipinski definition) is 2. The van der Waals surface area contributed by atoms with Crippen LogP contribution < -0.4 is 0 Å². The highest BCUT2D eigenvalue weighted by molar-refractivity contribution is 5.92. The second-order valence-corrected chi connectivity index (χ2v) is 7.37. The molecule has 0 atom stereocenters. The van der Waals surface area contributed by atoms with Gasteiger partial charge in [-0.15, -0.1) is 0 Å². The predicted octanol–water partition coefficient (Wildman–Crippen LogP) is 6.37. The van der Waals surface area contributed by atoms with Crippen molar-refractivity contribution in [2.75, 3.05) is 0 Å². The molecular weight excluding hydrogens is 324 g/mol. The quantitative estimate of drug-likeness (QED) is 0.377. The first kappa shape index (κ1) is 22.0. The standard InChI is InChI=1S/C23H34O3/c1-6-7-8-12-19-15-21(24)20(18(5)22(19)23(25)26)14-13-17(4)11-9-10-16(2)3/h10,13,15,24H,6-9,11-12,14H2,1-5H3,(H,25,26)/b17-13+. The van der Waals surface area contributed by atoms with Gasteiger partial charge in [-0.1, -0.05) is 43.1 Å². The van der Waals surface area contributed by atoms with Gasteiger partial charge in [0.1, 0.15) is 5.75 Å². The zero-order chi connectivity index (χ0) is 19.7. The number of aromatic hydroxyl groups is 1. The SMILES string of the molecule is CCCCCc1cc(O)c(C/C=C(\C)CCC=C(C)C)c(C)c1C(=O)O. The Balaban J connectivity index is 3.03. The van der Waals surface area contributed by atoms with Crippen molar-refractivity contribution in [2.45, 2.75) is 79.6 Å². The molecule has 0 fully saturated rings. The number of aromatic carboxylic acids is 1. The van der Waals surface area contributed by atoms with Gasteiger partial charge in [-0.25, -0.2) is 4.79 Å². The molecule has 2 N–H and O–H groups in total. The topological polar surface area (TPSA) is 57.5 Å². The summed E-state index contributed by atoms with van der Waals surface area (Å²) in [6.45, 7) is 10.2. The van der Waals surface area contributed by atoms with Gasteiger partial charge in [0.15, 0.2) is 0 Å². The first-order valence-electron chi connectivity index (χ1n) is 9.64. The van der Waals surface area contributed by atoms with E-state index >= 15 is 0 Å². The van der Waals surface area contributed by atoms with Crippen LogP contribution in [0, 0.1) is 6.92 Å². The van der Waals surface area contributed by atoms with Gasteiger partial charge in [-0.05, 0) is 77.0 Å². The normalized spacial score (nSPS) is 11.5. The zero-order valence-corrected chi connectivity index (χ0v) is 17.0. The summed E-state index contributed by atoms with van der Waals surface area (Å²) < 4.78 is 0. The number of allylic oxidation sites excluding steroid dienone is 4. The van der Waals surface area contributed by atoms with E-state index in [1.54, 1.807) is 6.07 Å². The van der Waals surface area contributed by atoms with Gasteiger partial charge < -0.3 is 10.2 Å². The molecule has 0 saturated heterocycles. The van der Waals surface area contributed by atoms with Crippen molar-refractivity contribution >= 4 is 5.97 Å². The third-order valence-electron chi connectivity index (χ3n) is 4.78. The Morgan fingerprint density at radius 3 is 2.42 bits per heavy atom. The van der Waals surface area contributed by atoms with Crippen LogP contribution in [0.4, 0.5) is 0 Å². The molecule has 3 heteroatoms. The number of phenols is 1. The highest BCUT2D eigenvalue weighted by Crippen LogP contribution is 2.30. The van der Waals surface area contributed by atoms with Crippen LogP contribution in [0.5, 0.6) is 5.75 Å². The molecule has 3 nitrogen and oxygen atoms in total. The Morgan fingerprint density at radius 2 is 1.85 bits per heavy atom. The lowest BCUT2D eigenvalue weighted by Crippen LogP contribution is -2.08. The highest BCUT2D eigenvalue weighted by Gasteiger charge is 2.19. The summed E-state index contributed by atoms with van der Waals surface area (Å²) in [4.78, 5) is 11.8. The molecule has 0 aliphatic rings. The largest absolute Gasteiger partial charge is 0.508 e. The van der Waals surface area contributed by atoms with Gasteiger partial charge in [-0.3, -0.25) is 0 Å². The number of benzene rings is 1. The Bertz CT molecular complexity index is 677. The number of phenolic OH excluding ortho intramolecular Hbond substituents is 1. The molecule has 144 valence electrons. The monoisotopic (exact) mass is 358 g/mol. The van der Waals surface area contributed by atoms with Crippen molar-refractivity contribution in [3.8, 4) is 5.75 Å². The molecule has 0 aliphatic heterocycles. The minimum absolute atomic E-state index is 0.215. The number of carbonyl (C=O) groups is 1. The van der Waals surface area contributed by atoms with E-state index in [-0.39, 0.29) is 5.75 Å². The van der Waals surface area contributed by atoms with Crippen molar-refractivity contribution in [2.24, 2.45) is 0 Å². The maximum Gasteiger partial charge on any atom is 0.336 e. The molecule has 1 aromatic rings. The second-order valence-electron chi connectivity index (χ2n) is 7.37. The minimum Gasteiger partial charge on any atom is -0.508 e. The van der Waals surface area contributed by atoms with Crippen molar-refractivity contribution in [3.63, 3.8) is 0 Å². The maximum absolute atomic E-state index is 11.8. The van der Waals surface area contributed by atoms with Gasteiger partial charge in [0.05, 0.1) is 5.56 Å². The van der Waals surface area contributed by atoms with E-state index in [1.165, 1.54) is 11.1 Å². The van der Waals surface area contributed by atoms with Crippen LogP contribution in [-0.4, -0.2) is 16.2 Å². The molecule has 1 rings (SSSR count). The fourth-order valence-electron chi connectivity index (χ4n) is 3.19. The lowest BCUT2D eigenvalue weighted by atomic mass is 9.91. The van der Waals surface area contributed by atoms with Gasteiger partial charge in [0, 0.05) is 5.56 Å². The molecule has 0 unspecified atom stereocenters. The van der Waals surface area contributed by atoms with Crippen LogP contribution in [0.3, 0.4) is 0 Å². The molecule has 0 radical (unpaired) electrons. The molecular formula is C23H34O3. The van der Waals surface area contributed by atoms with Crippen LogP contribution in [0.2, 0.25) is 0 Å². The number of carboxylic acids is 1. The molecule has 0 bridgehead atoms. The minimum atomic E-state index is -0.903. The number of carboxylic acid groups (broad SMARTS) is 1. The smallest absolute Gasteiger partial charge is 0.336 e. The third-order valence-corrected chi connectivity index (χ3v) is 4.78. The number of aryl methyl sites for hydroxylation is 1. The van der Waals surface area contributed by atoms with Gasteiger partial charge in [-0.2, -0.15) is 0 Å². The highest BCUT2D eigenvalue weighted by atomic mass is 16.4. The van der Waals surface area contributed by atoms with Gasteiger partial charge in [0.2, 0.25) is 0 Å². The van der Waals surface area contributed by atoms with Crippen molar-refractivity contribution in [1.82, 2.24) is 0 Å². The Hall–Kier alpha value is -2.03. The van der Waals surface area contributed by atoms with E-state index in [0.29, 0.717) is 24.0 Å². The fourth-order valence-corrected chi connectivity index (χ4v) is 3.19. The average Bonchev–Trinajstić information content (AvgIpc) is 2.53. The third kappa shape index (κ3) is 6.70. The Labute approximate surface area is 158 Å². The van der Waals surface area contributed by atoms with E-state index in [9.17, 15) is 15.0 Å². The first-order valence-corrected chi connectivity index (χ1v) is 9.64. The fraction of sp³-hybridized carbons (Fsp3) is 0.522. The summed E-state index contributed by atoms with van der Waals surface area (Å²) in [6.07, 6.45) is 10.7. The summed E-state index contributed by atoms with van der Waals surface area (Å²) in [7, 11) is 0. The zero-order valence-electron chi connectivity index (χ0n) is 17.0. The Kier molecular flexibility index (Phi) is 9.18. The van der Waals surface area contributed by atoms with Crippen LogP contribution >= 0.6 is 0 Å². The lowest BCUT2D eigenvalue weighted by Gasteiger charge is -2.15. The first-order chi connectivity index (χ1) is 12.3. The summed E-state index contributed by atoms with van der Waals surface area (Å²) in [5.74, 6) is -0.688. The average molecular weight is 359 g/mol. The van der Waals surface area contributed by atoms with E-state index in [2.05, 4.69) is 39.8 Å². The Morgan fingerprint density at radius 1 is 1.15 bits per heavy atom. The van der Waals surface area contributed by atoms with Gasteiger partial charge >= 0.3 is 5.97 Å². The van der Waals surface area contributed by atoms with Crippen LogP contribution in [0.15, 0.2) is 29.4 Å². The summed E-state index contributed by atoms with van der Waals surface area (Å²) >= 11 is 0. The maximum atomic E-state index is 11.8. The molecule has 0 saturated carbocycles. The van der Waals surface area contributed by atoms with Crippen molar-refractivity contribution in [3.05, 3.63) is 51.6 Å². The molecule has 0 spiro atoms. The van der Waals surface area contributed by atoms with E-state index < -0.39 is 5.97 Å².